The molecule has 174 valence electrons. The standard InChI is InChI=1S/C26H22ClFN2O3S/c1-16-6-7-17(28)14-21(16)25(32)29-18-8-9-20(22(27)15-18)26(33)30-12-10-19(11-13-31)34-24-5-3-2-4-23(24)30/h2-10,12,14-15,19,31H,11,13H2,1H3,(H,29,32). The molecule has 34 heavy (non-hydrogen) atoms. The second kappa shape index (κ2) is 10.4. The highest BCUT2D eigenvalue weighted by atomic mass is 35.5. The van der Waals surface area contributed by atoms with Gasteiger partial charge in [0.15, 0.2) is 0 Å². The van der Waals surface area contributed by atoms with Crippen LogP contribution >= 0.6 is 23.4 Å². The molecule has 1 aliphatic rings. The molecular weight excluding hydrogens is 475 g/mol. The summed E-state index contributed by atoms with van der Waals surface area (Å²) in [5.41, 5.74) is 2.25. The van der Waals surface area contributed by atoms with Crippen LogP contribution in [-0.4, -0.2) is 28.8 Å². The number of para-hydroxylation sites is 1. The monoisotopic (exact) mass is 496 g/mol. The second-order valence-electron chi connectivity index (χ2n) is 7.76. The number of thioether (sulfide) groups is 1. The van der Waals surface area contributed by atoms with Gasteiger partial charge in [0.1, 0.15) is 5.82 Å². The van der Waals surface area contributed by atoms with E-state index < -0.39 is 11.7 Å². The predicted octanol–water partition coefficient (Wildman–Crippen LogP) is 6.06. The van der Waals surface area contributed by atoms with Crippen molar-refractivity contribution in [1.82, 2.24) is 0 Å². The van der Waals surface area contributed by atoms with E-state index >= 15 is 0 Å². The van der Waals surface area contributed by atoms with Gasteiger partial charge in [-0.2, -0.15) is 0 Å². The van der Waals surface area contributed by atoms with E-state index in [0.717, 1.165) is 10.6 Å². The lowest BCUT2D eigenvalue weighted by Gasteiger charge is -2.20. The Bertz CT molecular complexity index is 1280. The van der Waals surface area contributed by atoms with Crippen molar-refractivity contribution in [3.05, 3.63) is 100 Å². The molecule has 0 saturated heterocycles. The number of nitrogens with zero attached hydrogens (tertiary/aromatic N) is 1. The number of fused-ring (bicyclic) bond motifs is 1. The number of carbonyl (C=O) groups excluding carboxylic acids is 2. The number of carbonyl (C=O) groups is 2. The van der Waals surface area contributed by atoms with E-state index in [1.807, 2.05) is 30.3 Å². The van der Waals surface area contributed by atoms with E-state index in [2.05, 4.69) is 5.32 Å². The molecule has 0 aliphatic carbocycles. The molecule has 0 radical (unpaired) electrons. The topological polar surface area (TPSA) is 69.6 Å². The summed E-state index contributed by atoms with van der Waals surface area (Å²) in [6, 6.07) is 16.2. The van der Waals surface area contributed by atoms with Gasteiger partial charge in [-0.3, -0.25) is 14.5 Å². The molecule has 2 amide bonds. The molecule has 1 unspecified atom stereocenters. The summed E-state index contributed by atoms with van der Waals surface area (Å²) in [4.78, 5) is 28.5. The molecule has 4 rings (SSSR count). The summed E-state index contributed by atoms with van der Waals surface area (Å²) < 4.78 is 13.6. The zero-order valence-corrected chi connectivity index (χ0v) is 19.9. The summed E-state index contributed by atoms with van der Waals surface area (Å²) in [6.07, 6.45) is 4.17. The average Bonchev–Trinajstić information content (AvgIpc) is 3.00. The molecule has 3 aromatic carbocycles. The number of halogens is 2. The fourth-order valence-electron chi connectivity index (χ4n) is 3.61. The van der Waals surface area contributed by atoms with Crippen LogP contribution < -0.4 is 10.2 Å². The molecule has 0 fully saturated rings. The van der Waals surface area contributed by atoms with Crippen LogP contribution in [0.25, 0.3) is 0 Å². The number of aliphatic hydroxyl groups is 1. The molecule has 1 aliphatic heterocycles. The van der Waals surface area contributed by atoms with Gasteiger partial charge in [-0.05, 0) is 61.4 Å². The Morgan fingerprint density at radius 3 is 2.68 bits per heavy atom. The van der Waals surface area contributed by atoms with E-state index in [0.29, 0.717) is 17.7 Å². The zero-order valence-electron chi connectivity index (χ0n) is 18.3. The molecule has 1 atom stereocenters. The Balaban J connectivity index is 1.59. The van der Waals surface area contributed by atoms with E-state index in [1.165, 1.54) is 29.2 Å². The van der Waals surface area contributed by atoms with Crippen LogP contribution in [0.15, 0.2) is 77.8 Å². The Morgan fingerprint density at radius 1 is 1.12 bits per heavy atom. The number of nitrogens with one attached hydrogen (secondary N) is 1. The van der Waals surface area contributed by atoms with Crippen molar-refractivity contribution in [1.29, 1.82) is 0 Å². The molecule has 0 bridgehead atoms. The van der Waals surface area contributed by atoms with Gasteiger partial charge in [0.25, 0.3) is 11.8 Å². The van der Waals surface area contributed by atoms with E-state index in [4.69, 9.17) is 11.6 Å². The molecule has 2 N–H and O–H groups in total. The van der Waals surface area contributed by atoms with Gasteiger partial charge in [0.2, 0.25) is 0 Å². The van der Waals surface area contributed by atoms with Crippen molar-refractivity contribution in [2.75, 3.05) is 16.8 Å². The highest BCUT2D eigenvalue weighted by Gasteiger charge is 2.24. The van der Waals surface area contributed by atoms with Gasteiger partial charge in [-0.1, -0.05) is 35.9 Å². The number of aliphatic hydroxyl groups excluding tert-OH is 1. The van der Waals surface area contributed by atoms with E-state index in [9.17, 15) is 19.1 Å². The summed E-state index contributed by atoms with van der Waals surface area (Å²) >= 11 is 8.04. The molecule has 0 spiro atoms. The number of hydrogen-bond donors (Lipinski definition) is 2. The lowest BCUT2D eigenvalue weighted by molar-refractivity contribution is 0.0995. The van der Waals surface area contributed by atoms with Crippen molar-refractivity contribution in [2.24, 2.45) is 0 Å². The second-order valence-corrected chi connectivity index (χ2v) is 9.45. The fraction of sp³-hybridized carbons (Fsp3) is 0.154. The smallest absolute Gasteiger partial charge is 0.263 e. The normalized spacial score (nSPS) is 14.9. The summed E-state index contributed by atoms with van der Waals surface area (Å²) in [5.74, 6) is -1.29. The number of aryl methyl sites for hydroxylation is 1. The quantitative estimate of drug-likeness (QED) is 0.450. The van der Waals surface area contributed by atoms with Gasteiger partial charge in [0.05, 0.1) is 16.3 Å². The number of anilines is 2. The third-order valence-corrected chi connectivity index (χ3v) is 6.99. The first-order valence-corrected chi connectivity index (χ1v) is 11.9. The SMILES string of the molecule is Cc1ccc(F)cc1C(=O)Nc1ccc(C(=O)N2C=CC(CCO)Sc3ccccc32)c(Cl)c1. The largest absolute Gasteiger partial charge is 0.396 e. The minimum Gasteiger partial charge on any atom is -0.396 e. The minimum atomic E-state index is -0.500. The average molecular weight is 497 g/mol. The van der Waals surface area contributed by atoms with Crippen LogP contribution in [0.4, 0.5) is 15.8 Å². The van der Waals surface area contributed by atoms with Gasteiger partial charge in [-0.15, -0.1) is 11.8 Å². The Kier molecular flexibility index (Phi) is 7.36. The highest BCUT2D eigenvalue weighted by molar-refractivity contribution is 8.00. The summed E-state index contributed by atoms with van der Waals surface area (Å²) in [5, 5.41) is 12.3. The third kappa shape index (κ3) is 5.17. The van der Waals surface area contributed by atoms with Gasteiger partial charge >= 0.3 is 0 Å². The van der Waals surface area contributed by atoms with Crippen molar-refractivity contribution in [3.63, 3.8) is 0 Å². The maximum Gasteiger partial charge on any atom is 0.263 e. The molecule has 0 aromatic heterocycles. The molecule has 1 heterocycles. The summed E-state index contributed by atoms with van der Waals surface area (Å²) in [7, 11) is 0. The number of hydrogen-bond acceptors (Lipinski definition) is 4. The third-order valence-electron chi connectivity index (χ3n) is 5.39. The van der Waals surface area contributed by atoms with Gasteiger partial charge in [-0.25, -0.2) is 4.39 Å². The van der Waals surface area contributed by atoms with Gasteiger partial charge < -0.3 is 10.4 Å². The first-order chi connectivity index (χ1) is 16.4. The molecule has 3 aromatic rings. The molecular formula is C26H22ClFN2O3S. The molecule has 0 saturated carbocycles. The maximum atomic E-state index is 13.6. The molecule has 5 nitrogen and oxygen atoms in total. The van der Waals surface area contributed by atoms with Crippen LogP contribution in [0, 0.1) is 12.7 Å². The van der Waals surface area contributed by atoms with E-state index in [1.54, 1.807) is 37.0 Å². The van der Waals surface area contributed by atoms with Crippen LogP contribution in [-0.2, 0) is 0 Å². The summed E-state index contributed by atoms with van der Waals surface area (Å²) in [6.45, 7) is 1.77. The van der Waals surface area contributed by atoms with Crippen molar-refractivity contribution in [2.45, 2.75) is 23.5 Å². The predicted molar refractivity (Wildman–Crippen MR) is 134 cm³/mol. The van der Waals surface area contributed by atoms with Crippen molar-refractivity contribution in [3.8, 4) is 0 Å². The minimum absolute atomic E-state index is 0.0308. The van der Waals surface area contributed by atoms with Gasteiger partial charge in [0, 0.05) is 34.2 Å². The number of benzene rings is 3. The Morgan fingerprint density at radius 2 is 1.91 bits per heavy atom. The van der Waals surface area contributed by atoms with Crippen LogP contribution in [0.5, 0.6) is 0 Å². The fourth-order valence-corrected chi connectivity index (χ4v) is 5.02. The number of rotatable bonds is 5. The lowest BCUT2D eigenvalue weighted by atomic mass is 10.1. The number of amides is 2. The maximum absolute atomic E-state index is 13.6. The first-order valence-electron chi connectivity index (χ1n) is 10.6. The first kappa shape index (κ1) is 24.0. The van der Waals surface area contributed by atoms with Crippen molar-refractivity contribution < 1.29 is 19.1 Å². The van der Waals surface area contributed by atoms with E-state index in [-0.39, 0.29) is 33.9 Å². The van der Waals surface area contributed by atoms with Crippen molar-refractivity contribution >= 4 is 46.6 Å². The lowest BCUT2D eigenvalue weighted by Crippen LogP contribution is -2.26. The molecule has 8 heteroatoms. The zero-order chi connectivity index (χ0) is 24.2. The Hall–Kier alpha value is -3.13. The van der Waals surface area contributed by atoms with Crippen LogP contribution in [0.1, 0.15) is 32.7 Å². The van der Waals surface area contributed by atoms with Crippen LogP contribution in [0.2, 0.25) is 5.02 Å². The Labute approximate surface area is 206 Å². The van der Waals surface area contributed by atoms with Crippen LogP contribution in [0.3, 0.4) is 0 Å². The highest BCUT2D eigenvalue weighted by Crippen LogP contribution is 2.38.